The fourth-order valence-corrected chi connectivity index (χ4v) is 5.33. The zero-order valence-electron chi connectivity index (χ0n) is 17.8. The monoisotopic (exact) mass is 396 g/mol. The molecule has 3 heteroatoms. The van der Waals surface area contributed by atoms with Crippen molar-refractivity contribution >= 4 is 22.1 Å². The maximum absolute atomic E-state index is 14.1. The molecule has 0 aromatic heterocycles. The van der Waals surface area contributed by atoms with Gasteiger partial charge in [-0.05, 0) is 56.6 Å². The van der Waals surface area contributed by atoms with Gasteiger partial charge < -0.3 is 4.90 Å². The van der Waals surface area contributed by atoms with E-state index in [1.54, 1.807) is 0 Å². The number of rotatable bonds is 4. The molecule has 0 radical (unpaired) electrons. The van der Waals surface area contributed by atoms with E-state index in [0.717, 1.165) is 45.5 Å². The number of carbonyl (C=O) groups excluding carboxylic acids is 1. The molecule has 152 valence electrons. The van der Waals surface area contributed by atoms with E-state index >= 15 is 0 Å². The number of nitrogens with zero attached hydrogens (tertiary/aromatic N) is 2. The number of piperidine rings is 1. The molecule has 2 aliphatic rings. The van der Waals surface area contributed by atoms with Crippen LogP contribution < -0.4 is 10.6 Å². The third-order valence-electron chi connectivity index (χ3n) is 6.90. The molecule has 3 aromatic rings. The van der Waals surface area contributed by atoms with Crippen LogP contribution in [0.2, 0.25) is 0 Å². The highest BCUT2D eigenvalue weighted by atomic mass is 16.1. The van der Waals surface area contributed by atoms with Crippen LogP contribution in [0.3, 0.4) is 0 Å². The van der Waals surface area contributed by atoms with E-state index in [2.05, 4.69) is 37.1 Å². The second-order valence-corrected chi connectivity index (χ2v) is 8.97. The first-order valence-corrected chi connectivity index (χ1v) is 11.0. The molecular weight excluding hydrogens is 368 g/mol. The van der Waals surface area contributed by atoms with Crippen molar-refractivity contribution < 1.29 is 4.79 Å². The lowest BCUT2D eigenvalue weighted by Gasteiger charge is -2.37. The third kappa shape index (κ3) is 3.18. The molecule has 0 aliphatic carbocycles. The Balaban J connectivity index is 1.65. The number of ketones is 1. The molecule has 2 aliphatic heterocycles. The number of Topliss-reactive ketones (excluding diaryl/α,β-unsaturated/α-hetero) is 1. The van der Waals surface area contributed by atoms with Gasteiger partial charge in [-0.2, -0.15) is 0 Å². The normalized spacial score (nSPS) is 23.9. The van der Waals surface area contributed by atoms with E-state index in [4.69, 9.17) is 4.99 Å². The van der Waals surface area contributed by atoms with E-state index < -0.39 is 5.54 Å². The molecule has 0 N–H and O–H groups in total. The number of hydrogen-bond acceptors (Lipinski definition) is 3. The van der Waals surface area contributed by atoms with Gasteiger partial charge in [0.1, 0.15) is 0 Å². The summed E-state index contributed by atoms with van der Waals surface area (Å²) < 4.78 is 0. The molecule has 3 aromatic carbocycles. The van der Waals surface area contributed by atoms with Crippen LogP contribution in [0, 0.1) is 0 Å². The van der Waals surface area contributed by atoms with Crippen molar-refractivity contribution in [3.05, 3.63) is 82.9 Å². The minimum absolute atomic E-state index is 0.112. The van der Waals surface area contributed by atoms with Crippen molar-refractivity contribution in [2.24, 2.45) is 4.99 Å². The van der Waals surface area contributed by atoms with Crippen molar-refractivity contribution in [1.82, 2.24) is 4.90 Å². The zero-order valence-corrected chi connectivity index (χ0v) is 17.8. The minimum atomic E-state index is -0.506. The summed E-state index contributed by atoms with van der Waals surface area (Å²) in [4.78, 5) is 21.6. The summed E-state index contributed by atoms with van der Waals surface area (Å²) >= 11 is 0. The van der Waals surface area contributed by atoms with Crippen molar-refractivity contribution in [2.45, 2.75) is 44.2 Å². The van der Waals surface area contributed by atoms with Crippen molar-refractivity contribution in [1.29, 1.82) is 0 Å². The molecule has 1 saturated heterocycles. The fraction of sp³-hybridized carbons (Fsp3) is 0.333. The van der Waals surface area contributed by atoms with E-state index in [1.807, 2.05) is 48.5 Å². The average molecular weight is 397 g/mol. The Morgan fingerprint density at radius 3 is 2.67 bits per heavy atom. The summed E-state index contributed by atoms with van der Waals surface area (Å²) in [5.41, 5.74) is 1.13. The van der Waals surface area contributed by atoms with Gasteiger partial charge in [-0.1, -0.05) is 67.1 Å². The SMILES string of the molecule is CN1CCCCC1CC1(C)N=c2ccccc2=C1C(=O)c1cccc2ccccc12. The van der Waals surface area contributed by atoms with Crippen molar-refractivity contribution in [3.8, 4) is 0 Å². The van der Waals surface area contributed by atoms with Crippen LogP contribution in [-0.4, -0.2) is 35.9 Å². The van der Waals surface area contributed by atoms with Crippen LogP contribution in [0.4, 0.5) is 0 Å². The largest absolute Gasteiger partial charge is 0.303 e. The Morgan fingerprint density at radius 1 is 1.03 bits per heavy atom. The second-order valence-electron chi connectivity index (χ2n) is 8.97. The third-order valence-corrected chi connectivity index (χ3v) is 6.90. The molecule has 2 atom stereocenters. The van der Waals surface area contributed by atoms with Crippen LogP contribution in [0.15, 0.2) is 71.7 Å². The Hall–Kier alpha value is -2.78. The average Bonchev–Trinajstić information content (AvgIpc) is 3.06. The Morgan fingerprint density at radius 2 is 1.80 bits per heavy atom. The lowest BCUT2D eigenvalue weighted by atomic mass is 9.79. The Kier molecular flexibility index (Phi) is 4.79. The molecule has 0 spiro atoms. The molecule has 30 heavy (non-hydrogen) atoms. The second kappa shape index (κ2) is 7.48. The van der Waals surface area contributed by atoms with E-state index in [9.17, 15) is 4.79 Å². The molecule has 2 heterocycles. The van der Waals surface area contributed by atoms with Gasteiger partial charge in [-0.3, -0.25) is 9.79 Å². The number of fused-ring (bicyclic) bond motifs is 2. The quantitative estimate of drug-likeness (QED) is 0.621. The van der Waals surface area contributed by atoms with Gasteiger partial charge in [-0.15, -0.1) is 0 Å². The molecule has 3 nitrogen and oxygen atoms in total. The molecule has 0 amide bonds. The van der Waals surface area contributed by atoms with Crippen LogP contribution in [0.1, 0.15) is 43.0 Å². The standard InChI is InChI=1S/C27H28N2O/c1-27(18-20-12-7-8-17-29(20)2)25(23-14-5-6-16-24(23)28-27)26(30)22-15-9-11-19-10-3-4-13-21(19)22/h3-6,9-11,13-16,20H,7-8,12,17-18H2,1-2H3. The molecule has 0 bridgehead atoms. The van der Waals surface area contributed by atoms with E-state index in [-0.39, 0.29) is 5.78 Å². The predicted molar refractivity (Wildman–Crippen MR) is 122 cm³/mol. The highest BCUT2D eigenvalue weighted by Gasteiger charge is 2.40. The first kappa shape index (κ1) is 19.2. The molecular formula is C27H28N2O. The van der Waals surface area contributed by atoms with Crippen LogP contribution in [0.5, 0.6) is 0 Å². The minimum Gasteiger partial charge on any atom is -0.303 e. The van der Waals surface area contributed by atoms with Gasteiger partial charge in [0.05, 0.1) is 10.9 Å². The molecule has 2 unspecified atom stereocenters. The van der Waals surface area contributed by atoms with Crippen LogP contribution >= 0.6 is 0 Å². The van der Waals surface area contributed by atoms with Gasteiger partial charge in [0, 0.05) is 22.4 Å². The Bertz CT molecular complexity index is 1240. The summed E-state index contributed by atoms with van der Waals surface area (Å²) in [6.07, 6.45) is 4.56. The van der Waals surface area contributed by atoms with Gasteiger partial charge >= 0.3 is 0 Å². The first-order chi connectivity index (χ1) is 14.6. The smallest absolute Gasteiger partial charge is 0.192 e. The first-order valence-electron chi connectivity index (χ1n) is 11.0. The van der Waals surface area contributed by atoms with Gasteiger partial charge in [0.2, 0.25) is 0 Å². The zero-order chi connectivity index (χ0) is 20.7. The molecule has 1 fully saturated rings. The van der Waals surface area contributed by atoms with E-state index in [0.29, 0.717) is 6.04 Å². The lowest BCUT2D eigenvalue weighted by Crippen LogP contribution is -2.43. The summed E-state index contributed by atoms with van der Waals surface area (Å²) in [5.74, 6) is 0.112. The summed E-state index contributed by atoms with van der Waals surface area (Å²) in [7, 11) is 2.21. The number of benzene rings is 3. The molecule has 5 rings (SSSR count). The lowest BCUT2D eigenvalue weighted by molar-refractivity contribution is 0.104. The summed E-state index contributed by atoms with van der Waals surface area (Å²) in [6.45, 7) is 3.29. The number of para-hydroxylation sites is 1. The van der Waals surface area contributed by atoms with Gasteiger partial charge in [0.15, 0.2) is 5.78 Å². The molecule has 0 saturated carbocycles. The summed E-state index contributed by atoms with van der Waals surface area (Å²) in [6, 6.07) is 22.8. The number of carbonyl (C=O) groups is 1. The predicted octanol–water partition coefficient (Wildman–Crippen LogP) is 4.14. The highest BCUT2D eigenvalue weighted by molar-refractivity contribution is 6.30. The van der Waals surface area contributed by atoms with Gasteiger partial charge in [0.25, 0.3) is 0 Å². The summed E-state index contributed by atoms with van der Waals surface area (Å²) in [5, 5.41) is 4.05. The number of likely N-dealkylation sites (tertiary alicyclic amines) is 1. The van der Waals surface area contributed by atoms with Crippen LogP contribution in [-0.2, 0) is 0 Å². The van der Waals surface area contributed by atoms with Gasteiger partial charge in [-0.25, -0.2) is 0 Å². The maximum atomic E-state index is 14.1. The Labute approximate surface area is 177 Å². The van der Waals surface area contributed by atoms with Crippen LogP contribution in [0.25, 0.3) is 16.3 Å². The van der Waals surface area contributed by atoms with Crippen molar-refractivity contribution in [2.75, 3.05) is 13.6 Å². The topological polar surface area (TPSA) is 32.7 Å². The van der Waals surface area contributed by atoms with E-state index in [1.165, 1.54) is 19.3 Å². The highest BCUT2D eigenvalue weighted by Crippen LogP contribution is 2.36. The fourth-order valence-electron chi connectivity index (χ4n) is 5.33. The number of hydrogen-bond donors (Lipinski definition) is 0. The maximum Gasteiger partial charge on any atom is 0.192 e. The van der Waals surface area contributed by atoms with Crippen molar-refractivity contribution in [3.63, 3.8) is 0 Å².